The second-order valence-corrected chi connectivity index (χ2v) is 18.3. The number of carbonyl (C=O) groups is 2. The molecule has 1 fully saturated rings. The van der Waals surface area contributed by atoms with E-state index in [-0.39, 0.29) is 32.0 Å². The molecule has 61 heavy (non-hydrogen) atoms. The molecule has 1 saturated heterocycles. The minimum atomic E-state index is -1.59. The Balaban J connectivity index is 2.19. The second-order valence-electron chi connectivity index (χ2n) is 18.3. The molecule has 1 heterocycles. The number of rotatable bonds is 45. The van der Waals surface area contributed by atoms with Gasteiger partial charge in [0.25, 0.3) is 0 Å². The zero-order chi connectivity index (χ0) is 44.4. The Morgan fingerprint density at radius 2 is 0.770 bits per heavy atom. The third kappa shape index (κ3) is 33.8. The maximum absolute atomic E-state index is 12.8. The van der Waals surface area contributed by atoms with Gasteiger partial charge in [0.05, 0.1) is 13.2 Å². The first kappa shape index (κ1) is 57.7. The maximum atomic E-state index is 12.8. The number of unbranched alkanes of at least 4 members (excludes halogenated alkanes) is 34. The van der Waals surface area contributed by atoms with E-state index in [2.05, 4.69) is 13.8 Å². The molecule has 0 radical (unpaired) electrons. The minimum Gasteiger partial charge on any atom is -0.462 e. The number of hydrogen-bond acceptors (Lipinski definition) is 10. The molecule has 6 unspecified atom stereocenters. The molecule has 10 nitrogen and oxygen atoms in total. The van der Waals surface area contributed by atoms with Gasteiger partial charge in [-0.25, -0.2) is 0 Å². The van der Waals surface area contributed by atoms with Crippen LogP contribution < -0.4 is 0 Å². The maximum Gasteiger partial charge on any atom is 0.306 e. The highest BCUT2D eigenvalue weighted by atomic mass is 16.7. The number of aliphatic hydroxyl groups excluding tert-OH is 4. The van der Waals surface area contributed by atoms with Gasteiger partial charge in [-0.05, 0) is 12.8 Å². The predicted octanol–water partition coefficient (Wildman–Crippen LogP) is 12.1. The van der Waals surface area contributed by atoms with Gasteiger partial charge < -0.3 is 39.4 Å². The van der Waals surface area contributed by atoms with E-state index < -0.39 is 49.4 Å². The van der Waals surface area contributed by atoms with Crippen molar-refractivity contribution in [2.75, 3.05) is 19.8 Å². The van der Waals surface area contributed by atoms with Gasteiger partial charge in [0.1, 0.15) is 31.0 Å². The van der Waals surface area contributed by atoms with Crippen LogP contribution in [0.2, 0.25) is 0 Å². The zero-order valence-electron chi connectivity index (χ0n) is 39.7. The largest absolute Gasteiger partial charge is 0.462 e. The molecular formula is C51H98O10. The van der Waals surface area contributed by atoms with Crippen molar-refractivity contribution >= 4 is 11.9 Å². The lowest BCUT2D eigenvalue weighted by Gasteiger charge is -2.39. The Morgan fingerprint density at radius 1 is 0.443 bits per heavy atom. The number of carbonyl (C=O) groups excluding carboxylic acids is 2. The van der Waals surface area contributed by atoms with Crippen molar-refractivity contribution in [2.45, 2.75) is 295 Å². The summed E-state index contributed by atoms with van der Waals surface area (Å²) < 4.78 is 22.2. The average molecular weight is 871 g/mol. The van der Waals surface area contributed by atoms with Crippen LogP contribution in [0.5, 0.6) is 0 Å². The molecule has 4 N–H and O–H groups in total. The number of esters is 2. The molecule has 1 aliphatic rings. The molecule has 0 saturated carbocycles. The third-order valence-electron chi connectivity index (χ3n) is 12.5. The first-order valence-corrected chi connectivity index (χ1v) is 26.1. The zero-order valence-corrected chi connectivity index (χ0v) is 39.7. The van der Waals surface area contributed by atoms with E-state index in [1.807, 2.05) is 0 Å². The summed E-state index contributed by atoms with van der Waals surface area (Å²) in [7, 11) is 0. The summed E-state index contributed by atoms with van der Waals surface area (Å²) in [6.07, 6.45) is 38.4. The highest BCUT2D eigenvalue weighted by Gasteiger charge is 2.44. The van der Waals surface area contributed by atoms with Gasteiger partial charge in [0.2, 0.25) is 0 Å². The van der Waals surface area contributed by atoms with Crippen LogP contribution in [0.1, 0.15) is 258 Å². The van der Waals surface area contributed by atoms with Crippen molar-refractivity contribution in [3.05, 3.63) is 0 Å². The molecule has 0 aromatic rings. The van der Waals surface area contributed by atoms with Gasteiger partial charge in [-0.1, -0.05) is 232 Å². The van der Waals surface area contributed by atoms with Crippen molar-refractivity contribution in [3.8, 4) is 0 Å². The summed E-state index contributed by atoms with van der Waals surface area (Å²) in [5.74, 6) is -0.788. The molecule has 0 bridgehead atoms. The van der Waals surface area contributed by atoms with Crippen LogP contribution in [0.4, 0.5) is 0 Å². The van der Waals surface area contributed by atoms with Crippen molar-refractivity contribution in [1.29, 1.82) is 0 Å². The van der Waals surface area contributed by atoms with Crippen LogP contribution in [0.15, 0.2) is 0 Å². The topological polar surface area (TPSA) is 152 Å². The molecule has 1 rings (SSSR count). The predicted molar refractivity (Wildman–Crippen MR) is 247 cm³/mol. The lowest BCUT2D eigenvalue weighted by molar-refractivity contribution is -0.305. The highest BCUT2D eigenvalue weighted by molar-refractivity contribution is 5.70. The lowest BCUT2D eigenvalue weighted by Crippen LogP contribution is -2.59. The van der Waals surface area contributed by atoms with E-state index in [1.165, 1.54) is 193 Å². The van der Waals surface area contributed by atoms with E-state index in [4.69, 9.17) is 18.9 Å². The van der Waals surface area contributed by atoms with E-state index in [9.17, 15) is 30.0 Å². The van der Waals surface area contributed by atoms with Crippen LogP contribution in [0.25, 0.3) is 0 Å². The molecule has 1 aliphatic heterocycles. The van der Waals surface area contributed by atoms with Gasteiger partial charge in [0, 0.05) is 12.8 Å². The Kier molecular flexibility index (Phi) is 40.3. The SMILES string of the molecule is CCCCCCCCCCCCCCCCCCCCCCCCCCC(=O)OC(COC(=O)CCCCCCCCCCCCCC)COC1OC(CO)C(O)C(O)C1O. The van der Waals surface area contributed by atoms with Crippen molar-refractivity contribution in [2.24, 2.45) is 0 Å². The summed E-state index contributed by atoms with van der Waals surface area (Å²) in [5.41, 5.74) is 0. The van der Waals surface area contributed by atoms with Crippen molar-refractivity contribution < 1.29 is 49.0 Å². The summed E-state index contributed by atoms with van der Waals surface area (Å²) in [4.78, 5) is 25.4. The smallest absolute Gasteiger partial charge is 0.306 e. The molecule has 0 amide bonds. The molecule has 362 valence electrons. The summed E-state index contributed by atoms with van der Waals surface area (Å²) in [6.45, 7) is 3.47. The Morgan fingerprint density at radius 3 is 1.11 bits per heavy atom. The summed E-state index contributed by atoms with van der Waals surface area (Å²) in [5, 5.41) is 40.2. The van der Waals surface area contributed by atoms with Crippen molar-refractivity contribution in [1.82, 2.24) is 0 Å². The quantitative estimate of drug-likeness (QED) is 0.0344. The monoisotopic (exact) mass is 871 g/mol. The molecule has 0 spiro atoms. The second kappa shape index (κ2) is 42.6. The molecule has 0 aliphatic carbocycles. The first-order valence-electron chi connectivity index (χ1n) is 26.1. The van der Waals surface area contributed by atoms with E-state index in [0.29, 0.717) is 6.42 Å². The number of hydrogen-bond donors (Lipinski definition) is 4. The van der Waals surface area contributed by atoms with Crippen molar-refractivity contribution in [3.63, 3.8) is 0 Å². The van der Waals surface area contributed by atoms with Gasteiger partial charge in [0.15, 0.2) is 12.4 Å². The molecule has 0 aromatic heterocycles. The fourth-order valence-corrected chi connectivity index (χ4v) is 8.37. The van der Waals surface area contributed by atoms with Crippen LogP contribution in [0.3, 0.4) is 0 Å². The third-order valence-corrected chi connectivity index (χ3v) is 12.5. The molecule has 0 aromatic carbocycles. The number of aliphatic hydroxyl groups is 4. The average Bonchev–Trinajstić information content (AvgIpc) is 3.26. The van der Waals surface area contributed by atoms with Gasteiger partial charge in [-0.15, -0.1) is 0 Å². The fourth-order valence-electron chi connectivity index (χ4n) is 8.37. The van der Waals surface area contributed by atoms with Gasteiger partial charge >= 0.3 is 11.9 Å². The summed E-state index contributed by atoms with van der Waals surface area (Å²) in [6, 6.07) is 0. The van der Waals surface area contributed by atoms with Gasteiger partial charge in [-0.2, -0.15) is 0 Å². The van der Waals surface area contributed by atoms with Crippen LogP contribution >= 0.6 is 0 Å². The fraction of sp³-hybridized carbons (Fsp3) is 0.961. The summed E-state index contributed by atoms with van der Waals surface area (Å²) >= 11 is 0. The van der Waals surface area contributed by atoms with Crippen LogP contribution in [-0.2, 0) is 28.5 Å². The van der Waals surface area contributed by atoms with E-state index in [0.717, 1.165) is 32.1 Å². The molecular weight excluding hydrogens is 773 g/mol. The first-order chi connectivity index (χ1) is 29.8. The molecule has 10 heteroatoms. The van der Waals surface area contributed by atoms with Gasteiger partial charge in [-0.3, -0.25) is 9.59 Å². The van der Waals surface area contributed by atoms with Crippen LogP contribution in [-0.4, -0.2) is 89.0 Å². The standard InChI is InChI=1S/C51H98O10/c1-3-5-7-9-11-13-15-17-18-19-20-21-22-23-24-25-26-27-28-30-32-34-36-38-40-47(54)60-44(43-59-51-50(57)49(56)48(55)45(41-52)61-51)42-58-46(53)39-37-35-33-31-29-16-14-12-10-8-6-4-2/h44-45,48-52,55-57H,3-43H2,1-2H3. The number of ether oxygens (including phenoxy) is 4. The minimum absolute atomic E-state index is 0.209. The van der Waals surface area contributed by atoms with E-state index in [1.54, 1.807) is 0 Å². The highest BCUT2D eigenvalue weighted by Crippen LogP contribution is 2.23. The Hall–Kier alpha value is -1.30. The van der Waals surface area contributed by atoms with Crippen LogP contribution in [0, 0.1) is 0 Å². The van der Waals surface area contributed by atoms with E-state index >= 15 is 0 Å². The normalized spacial score (nSPS) is 19.6. The molecule has 6 atom stereocenters. The Bertz CT molecular complexity index is 964. The lowest BCUT2D eigenvalue weighted by atomic mass is 9.99. The Labute approximate surface area is 374 Å².